The summed E-state index contributed by atoms with van der Waals surface area (Å²) in [7, 11) is -2.26. The maximum atomic E-state index is 13.8. The molecular weight excluding hydrogens is 343 g/mol. The summed E-state index contributed by atoms with van der Waals surface area (Å²) >= 11 is 0. The Hall–Kier alpha value is -2.05. The van der Waals surface area contributed by atoms with Crippen molar-refractivity contribution in [3.63, 3.8) is 0 Å². The number of hydrogen-bond acceptors (Lipinski definition) is 2. The first-order chi connectivity index (χ1) is 11.7. The largest absolute Gasteiger partial charge is 0.414 e. The van der Waals surface area contributed by atoms with Crippen molar-refractivity contribution in [1.29, 1.82) is 0 Å². The van der Waals surface area contributed by atoms with Gasteiger partial charge in [-0.1, -0.05) is 60.7 Å². The smallest absolute Gasteiger partial charge is 0.319 e. The number of para-hydroxylation sites is 1. The first-order valence-electron chi connectivity index (χ1n) is 8.00. The van der Waals surface area contributed by atoms with Gasteiger partial charge in [0, 0.05) is 0 Å². The standard InChI is InChI=1S/C19H22F3NOSi/c1-25(2,3)24-23(17-12-8-5-9-13-17)18(19(20,21)22)15-14-16-10-6-4-7-11-16/h4-15,18H,1-3H3/b15-14+. The van der Waals surface area contributed by atoms with Gasteiger partial charge < -0.3 is 4.53 Å². The number of benzene rings is 2. The Morgan fingerprint density at radius 1 is 0.920 bits per heavy atom. The fraction of sp³-hybridized carbons (Fsp3) is 0.263. The van der Waals surface area contributed by atoms with Gasteiger partial charge in [0.05, 0.1) is 5.69 Å². The van der Waals surface area contributed by atoms with Crippen molar-refractivity contribution >= 4 is 20.1 Å². The minimum atomic E-state index is -4.47. The number of anilines is 1. The zero-order valence-electron chi connectivity index (χ0n) is 14.5. The number of nitrogens with zero attached hydrogens (tertiary/aromatic N) is 1. The Labute approximate surface area is 147 Å². The molecule has 0 aromatic heterocycles. The van der Waals surface area contributed by atoms with Crippen LogP contribution in [0.4, 0.5) is 18.9 Å². The second-order valence-electron chi connectivity index (χ2n) is 6.62. The molecular formula is C19H22F3NOSi. The van der Waals surface area contributed by atoms with Crippen LogP contribution < -0.4 is 5.06 Å². The zero-order chi connectivity index (χ0) is 18.5. The Kier molecular flexibility index (Phi) is 6.08. The first-order valence-corrected chi connectivity index (χ1v) is 11.4. The van der Waals surface area contributed by atoms with Crippen LogP contribution in [-0.2, 0) is 4.53 Å². The van der Waals surface area contributed by atoms with Crippen molar-refractivity contribution in [3.8, 4) is 0 Å². The molecule has 2 rings (SSSR count). The topological polar surface area (TPSA) is 12.5 Å². The molecule has 6 heteroatoms. The lowest BCUT2D eigenvalue weighted by Gasteiger charge is -2.36. The maximum absolute atomic E-state index is 13.8. The number of hydroxylamine groups is 1. The fourth-order valence-corrected chi connectivity index (χ4v) is 3.04. The normalized spacial score (nSPS) is 13.8. The molecule has 2 aromatic rings. The highest BCUT2D eigenvalue weighted by Crippen LogP contribution is 2.32. The fourth-order valence-electron chi connectivity index (χ4n) is 2.23. The Balaban J connectivity index is 2.41. The highest BCUT2D eigenvalue weighted by Gasteiger charge is 2.44. The molecule has 0 saturated heterocycles. The van der Waals surface area contributed by atoms with Crippen molar-refractivity contribution in [2.24, 2.45) is 0 Å². The Morgan fingerprint density at radius 3 is 1.92 bits per heavy atom. The van der Waals surface area contributed by atoms with E-state index in [0.717, 1.165) is 11.1 Å². The van der Waals surface area contributed by atoms with Gasteiger partial charge in [0.15, 0.2) is 6.04 Å². The maximum Gasteiger partial charge on any atom is 0.414 e. The van der Waals surface area contributed by atoms with E-state index in [1.165, 1.54) is 6.08 Å². The molecule has 25 heavy (non-hydrogen) atoms. The third-order valence-electron chi connectivity index (χ3n) is 3.24. The van der Waals surface area contributed by atoms with E-state index in [9.17, 15) is 13.2 Å². The van der Waals surface area contributed by atoms with Gasteiger partial charge in [0.1, 0.15) is 0 Å². The molecule has 1 unspecified atom stereocenters. The summed E-state index contributed by atoms with van der Waals surface area (Å²) in [4.78, 5) is 0. The molecule has 0 saturated carbocycles. The van der Waals surface area contributed by atoms with E-state index >= 15 is 0 Å². The van der Waals surface area contributed by atoms with E-state index in [2.05, 4.69) is 0 Å². The van der Waals surface area contributed by atoms with Gasteiger partial charge in [0.2, 0.25) is 8.32 Å². The van der Waals surface area contributed by atoms with Crippen LogP contribution in [0.2, 0.25) is 19.6 Å². The minimum absolute atomic E-state index is 0.380. The molecule has 0 heterocycles. The molecule has 2 nitrogen and oxygen atoms in total. The van der Waals surface area contributed by atoms with Gasteiger partial charge in [-0.3, -0.25) is 0 Å². The monoisotopic (exact) mass is 365 g/mol. The van der Waals surface area contributed by atoms with Crippen LogP contribution in [0.25, 0.3) is 6.08 Å². The van der Waals surface area contributed by atoms with E-state index in [0.29, 0.717) is 11.3 Å². The molecule has 0 aliphatic rings. The predicted molar refractivity (Wildman–Crippen MR) is 98.7 cm³/mol. The molecule has 1 atom stereocenters. The number of halogens is 3. The van der Waals surface area contributed by atoms with E-state index in [-0.39, 0.29) is 0 Å². The summed E-state index contributed by atoms with van der Waals surface area (Å²) in [5.41, 5.74) is 1.09. The van der Waals surface area contributed by atoms with Gasteiger partial charge in [-0.15, -0.1) is 0 Å². The SMILES string of the molecule is C[Si](C)(C)ON(c1ccccc1)C(/C=C/c1ccccc1)C(F)(F)F. The molecule has 2 aromatic carbocycles. The van der Waals surface area contributed by atoms with Gasteiger partial charge in [0.25, 0.3) is 0 Å². The van der Waals surface area contributed by atoms with Gasteiger partial charge in [-0.2, -0.15) is 13.2 Å². The van der Waals surface area contributed by atoms with Gasteiger partial charge in [-0.05, 0) is 37.3 Å². The van der Waals surface area contributed by atoms with Crippen LogP contribution in [0, 0.1) is 0 Å². The van der Waals surface area contributed by atoms with Crippen molar-refractivity contribution in [2.45, 2.75) is 31.9 Å². The lowest BCUT2D eigenvalue weighted by Crippen LogP contribution is -2.49. The van der Waals surface area contributed by atoms with Gasteiger partial charge in [-0.25, -0.2) is 5.06 Å². The van der Waals surface area contributed by atoms with Crippen LogP contribution in [-0.4, -0.2) is 20.5 Å². The summed E-state index contributed by atoms with van der Waals surface area (Å²) in [6, 6.07) is 15.4. The van der Waals surface area contributed by atoms with Crippen LogP contribution in [0.15, 0.2) is 66.7 Å². The molecule has 0 aliphatic carbocycles. The second-order valence-corrected chi connectivity index (χ2v) is 11.0. The first kappa shape index (κ1) is 19.3. The average Bonchev–Trinajstić information content (AvgIpc) is 2.53. The predicted octanol–water partition coefficient (Wildman–Crippen LogP) is 5.90. The molecule has 0 N–H and O–H groups in total. The lowest BCUT2D eigenvalue weighted by atomic mass is 10.1. The number of alkyl halides is 3. The minimum Gasteiger partial charge on any atom is -0.319 e. The third kappa shape index (κ3) is 6.06. The van der Waals surface area contributed by atoms with Gasteiger partial charge >= 0.3 is 6.18 Å². The quantitative estimate of drug-likeness (QED) is 0.466. The molecule has 0 spiro atoms. The van der Waals surface area contributed by atoms with Crippen molar-refractivity contribution in [1.82, 2.24) is 0 Å². The third-order valence-corrected chi connectivity index (χ3v) is 3.99. The van der Waals surface area contributed by atoms with Crippen molar-refractivity contribution < 1.29 is 17.7 Å². The van der Waals surface area contributed by atoms with E-state index in [1.54, 1.807) is 54.6 Å². The molecule has 0 aliphatic heterocycles. The summed E-state index contributed by atoms with van der Waals surface area (Å²) in [5, 5.41) is 0.992. The average molecular weight is 365 g/mol. The highest BCUT2D eigenvalue weighted by atomic mass is 28.4. The van der Waals surface area contributed by atoms with Crippen molar-refractivity contribution in [3.05, 3.63) is 72.3 Å². The van der Waals surface area contributed by atoms with Crippen LogP contribution in [0.1, 0.15) is 5.56 Å². The van der Waals surface area contributed by atoms with E-state index in [1.807, 2.05) is 25.7 Å². The van der Waals surface area contributed by atoms with Crippen LogP contribution >= 0.6 is 0 Å². The summed E-state index contributed by atoms with van der Waals surface area (Å²) < 4.78 is 47.1. The summed E-state index contributed by atoms with van der Waals surface area (Å²) in [5.74, 6) is 0. The number of rotatable bonds is 6. The Bertz CT molecular complexity index is 681. The second kappa shape index (κ2) is 7.88. The molecule has 0 amide bonds. The number of hydrogen-bond donors (Lipinski definition) is 0. The van der Waals surface area contributed by atoms with Crippen LogP contribution in [0.3, 0.4) is 0 Å². The zero-order valence-corrected chi connectivity index (χ0v) is 15.5. The van der Waals surface area contributed by atoms with E-state index < -0.39 is 20.5 Å². The molecule has 0 fully saturated rings. The lowest BCUT2D eigenvalue weighted by molar-refractivity contribution is -0.148. The highest BCUT2D eigenvalue weighted by molar-refractivity contribution is 6.69. The van der Waals surface area contributed by atoms with Crippen molar-refractivity contribution in [2.75, 3.05) is 5.06 Å². The Morgan fingerprint density at radius 2 is 1.44 bits per heavy atom. The van der Waals surface area contributed by atoms with E-state index in [4.69, 9.17) is 4.53 Å². The molecule has 0 bridgehead atoms. The summed E-state index contributed by atoms with van der Waals surface area (Å²) in [6.07, 6.45) is -1.86. The summed E-state index contributed by atoms with van der Waals surface area (Å²) in [6.45, 7) is 5.58. The van der Waals surface area contributed by atoms with Crippen LogP contribution in [0.5, 0.6) is 0 Å². The molecule has 0 radical (unpaired) electrons. The molecule has 134 valence electrons.